The zero-order chi connectivity index (χ0) is 11.3. The van der Waals surface area contributed by atoms with Gasteiger partial charge in [-0.3, -0.25) is 4.79 Å². The van der Waals surface area contributed by atoms with E-state index >= 15 is 0 Å². The Balaban J connectivity index is 0.00000225. The average molecular weight is 265 g/mol. The summed E-state index contributed by atoms with van der Waals surface area (Å²) in [7, 11) is 3.62. The molecule has 1 amide bonds. The minimum atomic E-state index is 0. The zero-order valence-electron chi connectivity index (χ0n) is 9.40. The highest BCUT2D eigenvalue weighted by Gasteiger charge is 2.05. The van der Waals surface area contributed by atoms with Crippen molar-refractivity contribution in [2.45, 2.75) is 13.0 Å². The number of aromatic nitrogens is 1. The molecule has 92 valence electrons. The maximum atomic E-state index is 11.0. The third-order valence-electron chi connectivity index (χ3n) is 2.00. The summed E-state index contributed by atoms with van der Waals surface area (Å²) < 4.78 is 0. The van der Waals surface area contributed by atoms with Gasteiger partial charge < -0.3 is 16.0 Å². The standard InChI is InChI=1S/C9H16N4OS.ClH/c1-11-8(14)3-4-13(2)6-7-5-12-9(10)15-7;/h5H,3-4,6H2,1-2H3,(H2,10,12)(H,11,14);1H. The molecular weight excluding hydrogens is 248 g/mol. The molecule has 0 aliphatic carbocycles. The molecule has 16 heavy (non-hydrogen) atoms. The van der Waals surface area contributed by atoms with Gasteiger partial charge in [0.15, 0.2) is 5.13 Å². The summed E-state index contributed by atoms with van der Waals surface area (Å²) in [6.07, 6.45) is 2.29. The lowest BCUT2D eigenvalue weighted by Crippen LogP contribution is -2.26. The topological polar surface area (TPSA) is 71.2 Å². The van der Waals surface area contributed by atoms with Crippen LogP contribution in [0.15, 0.2) is 6.20 Å². The van der Waals surface area contributed by atoms with E-state index in [1.807, 2.05) is 7.05 Å². The highest BCUT2D eigenvalue weighted by Crippen LogP contribution is 2.15. The molecule has 0 radical (unpaired) electrons. The van der Waals surface area contributed by atoms with E-state index in [-0.39, 0.29) is 18.3 Å². The Bertz CT molecular complexity index is 331. The fourth-order valence-corrected chi connectivity index (χ4v) is 1.92. The van der Waals surface area contributed by atoms with Gasteiger partial charge in [-0.2, -0.15) is 0 Å². The molecule has 3 N–H and O–H groups in total. The molecular formula is C9H17ClN4OS. The monoisotopic (exact) mass is 264 g/mol. The molecule has 0 fully saturated rings. The van der Waals surface area contributed by atoms with Crippen LogP contribution in [0.2, 0.25) is 0 Å². The maximum Gasteiger partial charge on any atom is 0.221 e. The smallest absolute Gasteiger partial charge is 0.221 e. The largest absolute Gasteiger partial charge is 0.375 e. The third-order valence-corrected chi connectivity index (χ3v) is 2.81. The molecule has 1 aromatic rings. The Hall–Kier alpha value is -0.850. The number of nitrogens with zero attached hydrogens (tertiary/aromatic N) is 2. The van der Waals surface area contributed by atoms with Crippen LogP contribution in [0.5, 0.6) is 0 Å². The van der Waals surface area contributed by atoms with Crippen LogP contribution in [0.4, 0.5) is 5.13 Å². The van der Waals surface area contributed by atoms with Crippen molar-refractivity contribution in [1.82, 2.24) is 15.2 Å². The van der Waals surface area contributed by atoms with Gasteiger partial charge in [-0.15, -0.1) is 23.7 Å². The first-order valence-electron chi connectivity index (χ1n) is 4.71. The quantitative estimate of drug-likeness (QED) is 0.822. The lowest BCUT2D eigenvalue weighted by atomic mass is 10.3. The number of rotatable bonds is 5. The van der Waals surface area contributed by atoms with E-state index < -0.39 is 0 Å². The van der Waals surface area contributed by atoms with Crippen molar-refractivity contribution >= 4 is 34.8 Å². The van der Waals surface area contributed by atoms with Gasteiger partial charge >= 0.3 is 0 Å². The van der Waals surface area contributed by atoms with Gasteiger partial charge in [0.1, 0.15) is 0 Å². The van der Waals surface area contributed by atoms with Crippen LogP contribution >= 0.6 is 23.7 Å². The number of thiazole rings is 1. The van der Waals surface area contributed by atoms with Crippen LogP contribution in [0.3, 0.4) is 0 Å². The molecule has 5 nitrogen and oxygen atoms in total. The van der Waals surface area contributed by atoms with E-state index in [4.69, 9.17) is 5.73 Å². The van der Waals surface area contributed by atoms with Gasteiger partial charge in [0.2, 0.25) is 5.91 Å². The number of nitrogen functional groups attached to an aromatic ring is 1. The van der Waals surface area contributed by atoms with E-state index in [1.54, 1.807) is 13.2 Å². The Morgan fingerprint density at radius 1 is 1.69 bits per heavy atom. The molecule has 0 unspecified atom stereocenters. The van der Waals surface area contributed by atoms with Crippen molar-refractivity contribution < 1.29 is 4.79 Å². The van der Waals surface area contributed by atoms with E-state index in [1.165, 1.54) is 11.3 Å². The van der Waals surface area contributed by atoms with Gasteiger partial charge in [0.25, 0.3) is 0 Å². The second-order valence-corrected chi connectivity index (χ2v) is 4.47. The summed E-state index contributed by atoms with van der Waals surface area (Å²) in [5, 5.41) is 3.18. The van der Waals surface area contributed by atoms with Crippen molar-refractivity contribution in [3.05, 3.63) is 11.1 Å². The highest BCUT2D eigenvalue weighted by atomic mass is 35.5. The Labute approximate surface area is 105 Å². The number of amides is 1. The van der Waals surface area contributed by atoms with Gasteiger partial charge in [-0.05, 0) is 7.05 Å². The fourth-order valence-electron chi connectivity index (χ4n) is 1.16. The van der Waals surface area contributed by atoms with Gasteiger partial charge in [0, 0.05) is 37.6 Å². The van der Waals surface area contributed by atoms with Gasteiger partial charge in [-0.25, -0.2) is 4.98 Å². The molecule has 0 saturated heterocycles. The Kier molecular flexibility index (Phi) is 7.03. The Morgan fingerprint density at radius 2 is 2.38 bits per heavy atom. The summed E-state index contributed by atoms with van der Waals surface area (Å²) in [6, 6.07) is 0. The van der Waals surface area contributed by atoms with Crippen LogP contribution in [0.25, 0.3) is 0 Å². The Morgan fingerprint density at radius 3 is 2.88 bits per heavy atom. The van der Waals surface area contributed by atoms with E-state index in [0.29, 0.717) is 11.6 Å². The van der Waals surface area contributed by atoms with Crippen LogP contribution < -0.4 is 11.1 Å². The summed E-state index contributed by atoms with van der Waals surface area (Å²) in [5.74, 6) is 0.0608. The lowest BCUT2D eigenvalue weighted by Gasteiger charge is -2.14. The van der Waals surface area contributed by atoms with Crippen LogP contribution in [0.1, 0.15) is 11.3 Å². The minimum Gasteiger partial charge on any atom is -0.375 e. The molecule has 0 atom stereocenters. The molecule has 1 heterocycles. The molecule has 0 aliphatic rings. The molecule has 0 aliphatic heterocycles. The molecule has 0 aromatic carbocycles. The number of nitrogens with two attached hydrogens (primary N) is 1. The molecule has 1 aromatic heterocycles. The minimum absolute atomic E-state index is 0. The van der Waals surface area contributed by atoms with Crippen LogP contribution in [-0.4, -0.2) is 36.4 Å². The van der Waals surface area contributed by atoms with Crippen molar-refractivity contribution in [2.24, 2.45) is 0 Å². The summed E-state index contributed by atoms with van der Waals surface area (Å²) in [6.45, 7) is 1.52. The number of carbonyl (C=O) groups is 1. The number of halogens is 1. The summed E-state index contributed by atoms with van der Waals surface area (Å²) >= 11 is 1.48. The number of nitrogens with one attached hydrogen (secondary N) is 1. The SMILES string of the molecule is CNC(=O)CCN(C)Cc1cnc(N)s1.Cl. The molecule has 7 heteroatoms. The zero-order valence-corrected chi connectivity index (χ0v) is 11.0. The number of hydrogen-bond donors (Lipinski definition) is 2. The average Bonchev–Trinajstić information content (AvgIpc) is 2.60. The van der Waals surface area contributed by atoms with Crippen molar-refractivity contribution in [2.75, 3.05) is 26.4 Å². The molecule has 0 bridgehead atoms. The predicted molar refractivity (Wildman–Crippen MR) is 68.8 cm³/mol. The first-order chi connectivity index (χ1) is 7.11. The van der Waals surface area contributed by atoms with Gasteiger partial charge in [0.05, 0.1) is 0 Å². The van der Waals surface area contributed by atoms with E-state index in [2.05, 4.69) is 15.2 Å². The molecule has 0 saturated carbocycles. The van der Waals surface area contributed by atoms with Crippen molar-refractivity contribution in [3.8, 4) is 0 Å². The second-order valence-electron chi connectivity index (χ2n) is 3.33. The summed E-state index contributed by atoms with van der Waals surface area (Å²) in [5.41, 5.74) is 5.52. The number of hydrogen-bond acceptors (Lipinski definition) is 5. The number of carbonyl (C=O) groups excluding carboxylic acids is 1. The molecule has 0 spiro atoms. The van der Waals surface area contributed by atoms with Crippen molar-refractivity contribution in [3.63, 3.8) is 0 Å². The third kappa shape index (κ3) is 5.29. The lowest BCUT2D eigenvalue weighted by molar-refractivity contribution is -0.120. The predicted octanol–water partition coefficient (Wildman–Crippen LogP) is 0.715. The number of anilines is 1. The van der Waals surface area contributed by atoms with E-state index in [9.17, 15) is 4.79 Å². The second kappa shape index (κ2) is 7.43. The normalized spacial score (nSPS) is 9.94. The van der Waals surface area contributed by atoms with Crippen LogP contribution in [0, 0.1) is 0 Å². The van der Waals surface area contributed by atoms with Crippen LogP contribution in [-0.2, 0) is 11.3 Å². The highest BCUT2D eigenvalue weighted by molar-refractivity contribution is 7.15. The van der Waals surface area contributed by atoms with Gasteiger partial charge in [-0.1, -0.05) is 0 Å². The van der Waals surface area contributed by atoms with E-state index in [0.717, 1.165) is 18.0 Å². The fraction of sp³-hybridized carbons (Fsp3) is 0.556. The molecule has 1 rings (SSSR count). The maximum absolute atomic E-state index is 11.0. The van der Waals surface area contributed by atoms with Crippen molar-refractivity contribution in [1.29, 1.82) is 0 Å². The summed E-state index contributed by atoms with van der Waals surface area (Å²) in [4.78, 5) is 18.2. The first-order valence-corrected chi connectivity index (χ1v) is 5.52. The first kappa shape index (κ1) is 15.2.